The van der Waals surface area contributed by atoms with E-state index in [0.29, 0.717) is 0 Å². The summed E-state index contributed by atoms with van der Waals surface area (Å²) < 4.78 is 11.8. The van der Waals surface area contributed by atoms with Crippen molar-refractivity contribution in [2.45, 2.75) is 0 Å². The van der Waals surface area contributed by atoms with E-state index in [1.807, 2.05) is 0 Å². The third-order valence-electron chi connectivity index (χ3n) is 9.09. The van der Waals surface area contributed by atoms with Crippen molar-refractivity contribution in [3.8, 4) is 11.4 Å². The van der Waals surface area contributed by atoms with Crippen LogP contribution in [0.15, 0.2) is 150 Å². The predicted molar refractivity (Wildman–Crippen MR) is 180 cm³/mol. The molecule has 10 aromatic rings. The minimum absolute atomic E-state index is 0.870. The number of para-hydroxylation sites is 3. The number of hydrogen-bond donors (Lipinski definition) is 0. The zero-order valence-electron chi connectivity index (χ0n) is 23.2. The van der Waals surface area contributed by atoms with E-state index in [1.54, 1.807) is 0 Å². The van der Waals surface area contributed by atoms with E-state index in [4.69, 9.17) is 4.42 Å². The Hall–Kier alpha value is -5.80. The van der Waals surface area contributed by atoms with E-state index in [2.05, 4.69) is 155 Å². The van der Waals surface area contributed by atoms with Gasteiger partial charge in [0.15, 0.2) is 5.58 Å². The number of rotatable bonds is 2. The van der Waals surface area contributed by atoms with Crippen LogP contribution in [0, 0.1) is 0 Å². The molecule has 0 amide bonds. The second-order valence-electron chi connectivity index (χ2n) is 11.3. The molecule has 0 fully saturated rings. The maximum Gasteiger partial charge on any atom is 0.213 e. The first-order valence-electron chi connectivity index (χ1n) is 14.7. The molecule has 0 N–H and O–H groups in total. The molecule has 200 valence electrons. The van der Waals surface area contributed by atoms with Gasteiger partial charge in [-0.3, -0.25) is 4.57 Å². The molecular weight excluding hydrogens is 524 g/mol. The zero-order chi connectivity index (χ0) is 28.1. The monoisotopic (exact) mass is 548 g/mol. The van der Waals surface area contributed by atoms with Gasteiger partial charge >= 0.3 is 0 Å². The summed E-state index contributed by atoms with van der Waals surface area (Å²) in [4.78, 5) is 0. The van der Waals surface area contributed by atoms with Crippen molar-refractivity contribution in [2.24, 2.45) is 0 Å². The Morgan fingerprint density at radius 3 is 1.84 bits per heavy atom. The fraction of sp³-hybridized carbons (Fsp3) is 0. The second-order valence-corrected chi connectivity index (χ2v) is 11.3. The summed E-state index contributed by atoms with van der Waals surface area (Å²) in [6, 6.07) is 52.1. The molecule has 0 aliphatic rings. The Balaban J connectivity index is 1.43. The Morgan fingerprint density at radius 2 is 1.02 bits per heavy atom. The molecule has 0 aliphatic heterocycles. The fourth-order valence-corrected chi connectivity index (χ4v) is 7.30. The summed E-state index contributed by atoms with van der Waals surface area (Å²) in [5.74, 6) is 0. The molecule has 0 aliphatic carbocycles. The largest absolute Gasteiger partial charge is 0.437 e. The van der Waals surface area contributed by atoms with Gasteiger partial charge in [0.1, 0.15) is 0 Å². The van der Waals surface area contributed by atoms with Crippen LogP contribution in [0.25, 0.3) is 87.7 Å². The van der Waals surface area contributed by atoms with Crippen LogP contribution in [0.4, 0.5) is 0 Å². The smallest absolute Gasteiger partial charge is 0.213 e. The topological polar surface area (TPSA) is 23.0 Å². The van der Waals surface area contributed by atoms with Crippen molar-refractivity contribution in [3.63, 3.8) is 0 Å². The third kappa shape index (κ3) is 2.98. The molecule has 0 saturated heterocycles. The van der Waals surface area contributed by atoms with Crippen molar-refractivity contribution < 1.29 is 4.42 Å². The van der Waals surface area contributed by atoms with Gasteiger partial charge < -0.3 is 8.98 Å². The van der Waals surface area contributed by atoms with E-state index < -0.39 is 0 Å². The molecule has 3 nitrogen and oxygen atoms in total. The lowest BCUT2D eigenvalue weighted by atomic mass is 10.00. The molecule has 0 atom stereocenters. The highest BCUT2D eigenvalue weighted by Gasteiger charge is 2.24. The molecule has 3 heterocycles. The molecule has 10 rings (SSSR count). The molecular formula is C40H24N2O. The van der Waals surface area contributed by atoms with Crippen LogP contribution in [0.5, 0.6) is 0 Å². The van der Waals surface area contributed by atoms with Crippen LogP contribution in [0.3, 0.4) is 0 Å². The molecule has 43 heavy (non-hydrogen) atoms. The van der Waals surface area contributed by atoms with Gasteiger partial charge in [0.05, 0.1) is 27.6 Å². The van der Waals surface area contributed by atoms with Crippen molar-refractivity contribution in [3.05, 3.63) is 146 Å². The number of aromatic nitrogens is 2. The maximum atomic E-state index is 7.07. The first-order valence-corrected chi connectivity index (χ1v) is 14.7. The molecule has 3 heteroatoms. The van der Waals surface area contributed by atoms with Gasteiger partial charge in [-0.1, -0.05) is 109 Å². The summed E-state index contributed by atoms with van der Waals surface area (Å²) in [6.07, 6.45) is 0. The third-order valence-corrected chi connectivity index (χ3v) is 9.09. The summed E-state index contributed by atoms with van der Waals surface area (Å²) in [5.41, 5.74) is 7.43. The second kappa shape index (κ2) is 8.37. The predicted octanol–water partition coefficient (Wildman–Crippen LogP) is 10.9. The van der Waals surface area contributed by atoms with Crippen molar-refractivity contribution in [2.75, 3.05) is 0 Å². The lowest BCUT2D eigenvalue weighted by Crippen LogP contribution is -1.96. The first-order chi connectivity index (χ1) is 21.4. The Labute approximate surface area is 246 Å². The summed E-state index contributed by atoms with van der Waals surface area (Å²) in [6.45, 7) is 0. The molecule has 0 unspecified atom stereocenters. The van der Waals surface area contributed by atoms with Crippen molar-refractivity contribution in [1.82, 2.24) is 9.13 Å². The standard InChI is InChI=1S/C40H24N2O/c1-2-13-26(14-3-1)41-35-21-11-9-19-32(35)37-33-23-22-31-30-18-8-10-20-34(30)42(38(31)39(33)43-40(37)41)36-24-25-12-4-5-15-27(25)28-16-6-7-17-29(28)36/h1-24H. The van der Waals surface area contributed by atoms with Gasteiger partial charge in [-0.2, -0.15) is 0 Å². The average molecular weight is 549 g/mol. The summed E-state index contributed by atoms with van der Waals surface area (Å²) >= 11 is 0. The number of fused-ring (bicyclic) bond motifs is 12. The molecule has 0 saturated carbocycles. The van der Waals surface area contributed by atoms with E-state index in [1.165, 1.54) is 43.2 Å². The van der Waals surface area contributed by atoms with Crippen LogP contribution in [0.2, 0.25) is 0 Å². The average Bonchev–Trinajstić information content (AvgIpc) is 3.72. The fourth-order valence-electron chi connectivity index (χ4n) is 7.30. The Morgan fingerprint density at radius 1 is 0.419 bits per heavy atom. The molecule has 3 aromatic heterocycles. The van der Waals surface area contributed by atoms with Gasteiger partial charge in [0.2, 0.25) is 5.71 Å². The van der Waals surface area contributed by atoms with Gasteiger partial charge in [-0.25, -0.2) is 0 Å². The molecule has 7 aromatic carbocycles. The minimum atomic E-state index is 0.870. The lowest BCUT2D eigenvalue weighted by Gasteiger charge is -2.14. The minimum Gasteiger partial charge on any atom is -0.437 e. The van der Waals surface area contributed by atoms with E-state index in [0.717, 1.165) is 44.5 Å². The number of nitrogens with zero attached hydrogens (tertiary/aromatic N) is 2. The van der Waals surface area contributed by atoms with Crippen molar-refractivity contribution in [1.29, 1.82) is 0 Å². The summed E-state index contributed by atoms with van der Waals surface area (Å²) in [5, 5.41) is 10.8. The van der Waals surface area contributed by atoms with Gasteiger partial charge in [-0.05, 0) is 52.6 Å². The van der Waals surface area contributed by atoms with Crippen molar-refractivity contribution >= 4 is 76.3 Å². The molecule has 0 spiro atoms. The maximum absolute atomic E-state index is 7.07. The quantitative estimate of drug-likeness (QED) is 0.197. The number of furan rings is 1. The highest BCUT2D eigenvalue weighted by Crippen LogP contribution is 2.45. The number of hydrogen-bond acceptors (Lipinski definition) is 1. The van der Waals surface area contributed by atoms with Gasteiger partial charge in [-0.15, -0.1) is 0 Å². The summed E-state index contributed by atoms with van der Waals surface area (Å²) in [7, 11) is 0. The molecule has 0 radical (unpaired) electrons. The van der Waals surface area contributed by atoms with Crippen LogP contribution in [-0.2, 0) is 0 Å². The highest BCUT2D eigenvalue weighted by molar-refractivity contribution is 6.27. The van der Waals surface area contributed by atoms with Gasteiger partial charge in [0, 0.05) is 32.6 Å². The first kappa shape index (κ1) is 22.8. The normalized spacial score (nSPS) is 12.2. The van der Waals surface area contributed by atoms with Crippen LogP contribution in [0.1, 0.15) is 0 Å². The van der Waals surface area contributed by atoms with Gasteiger partial charge in [0.25, 0.3) is 0 Å². The number of benzene rings is 7. The van der Waals surface area contributed by atoms with E-state index in [-0.39, 0.29) is 0 Å². The lowest BCUT2D eigenvalue weighted by molar-refractivity contribution is 0.647. The van der Waals surface area contributed by atoms with E-state index >= 15 is 0 Å². The van der Waals surface area contributed by atoms with E-state index in [9.17, 15) is 0 Å². The van der Waals surface area contributed by atoms with Crippen LogP contribution in [-0.4, -0.2) is 9.13 Å². The Bertz CT molecular complexity index is 2720. The SMILES string of the molecule is c1ccc(-n2c3ccccc3c3c4ccc5c6ccccc6n(-c6cc7ccccc7c7ccccc67)c5c4oc32)cc1. The highest BCUT2D eigenvalue weighted by atomic mass is 16.3. The Kier molecular flexibility index (Phi) is 4.45. The zero-order valence-corrected chi connectivity index (χ0v) is 23.2. The van der Waals surface area contributed by atoms with Crippen LogP contribution < -0.4 is 0 Å². The van der Waals surface area contributed by atoms with Crippen LogP contribution >= 0.6 is 0 Å². The molecule has 0 bridgehead atoms.